The van der Waals surface area contributed by atoms with E-state index < -0.39 is 35.9 Å². The van der Waals surface area contributed by atoms with Gasteiger partial charge in [-0.05, 0) is 18.2 Å². The normalized spacial score (nSPS) is 16.8. The number of benzodiazepines with no additional fused rings is 1. The molecule has 232 valence electrons. The molecule has 6 N–H and O–H groups in total. The van der Waals surface area contributed by atoms with Gasteiger partial charge in [0.1, 0.15) is 11.5 Å². The first-order chi connectivity index (χ1) is 21.6. The van der Waals surface area contributed by atoms with Crippen molar-refractivity contribution in [2.24, 2.45) is 4.99 Å². The number of carbonyl (C=O) groups excluding carboxylic acids is 1. The quantitative estimate of drug-likeness (QED) is 0.179. The summed E-state index contributed by atoms with van der Waals surface area (Å²) in [4.78, 5) is 22.8. The molecule has 0 aliphatic carbocycles. The summed E-state index contributed by atoms with van der Waals surface area (Å²) in [5, 5.41) is 33.8. The SMILES string of the molecule is N=C(NC1N=C(c2ccccc2)c2ccccc2NC1=O)OC(=N)/C(=C/Nc1ccc(C(F)(F)F)nc1)C(=N)N1CCOCC1. The number of amidine groups is 2. The van der Waals surface area contributed by atoms with E-state index in [1.165, 1.54) is 6.20 Å². The Hall–Kier alpha value is -5.57. The minimum absolute atomic E-state index is 0.116. The van der Waals surface area contributed by atoms with Crippen molar-refractivity contribution in [3.8, 4) is 0 Å². The molecule has 3 aromatic rings. The second kappa shape index (κ2) is 13.4. The first-order valence-electron chi connectivity index (χ1n) is 13.7. The Kier molecular flexibility index (Phi) is 9.18. The Morgan fingerprint density at radius 3 is 2.42 bits per heavy atom. The Labute approximate surface area is 255 Å². The number of hydrogen-bond acceptors (Lipinski definition) is 9. The number of morpholine rings is 1. The van der Waals surface area contributed by atoms with Crippen molar-refractivity contribution in [3.63, 3.8) is 0 Å². The van der Waals surface area contributed by atoms with Crippen molar-refractivity contribution < 1.29 is 27.4 Å². The molecule has 2 aliphatic heterocycles. The van der Waals surface area contributed by atoms with Gasteiger partial charge in [0.2, 0.25) is 12.1 Å². The maximum atomic E-state index is 13.1. The van der Waals surface area contributed by atoms with Crippen LogP contribution in [-0.2, 0) is 20.4 Å². The molecule has 3 heterocycles. The Morgan fingerprint density at radius 2 is 1.73 bits per heavy atom. The van der Waals surface area contributed by atoms with E-state index >= 15 is 0 Å². The van der Waals surface area contributed by atoms with E-state index in [4.69, 9.17) is 25.7 Å². The van der Waals surface area contributed by atoms with Crippen molar-refractivity contribution in [1.82, 2.24) is 15.2 Å². The third-order valence-corrected chi connectivity index (χ3v) is 6.73. The molecule has 0 radical (unpaired) electrons. The summed E-state index contributed by atoms with van der Waals surface area (Å²) in [7, 11) is 0. The van der Waals surface area contributed by atoms with Gasteiger partial charge < -0.3 is 30.3 Å². The summed E-state index contributed by atoms with van der Waals surface area (Å²) >= 11 is 0. The number of anilines is 2. The van der Waals surface area contributed by atoms with E-state index in [2.05, 4.69) is 25.9 Å². The van der Waals surface area contributed by atoms with Crippen LogP contribution in [0.15, 0.2) is 89.7 Å². The molecule has 1 atom stereocenters. The lowest BCUT2D eigenvalue weighted by molar-refractivity contribution is -0.141. The molecule has 1 unspecified atom stereocenters. The number of fused-ring (bicyclic) bond motifs is 1. The zero-order valence-corrected chi connectivity index (χ0v) is 23.6. The standard InChI is InChI=1S/C30H28F3N9O3/c31-30(32,33)23-11-10-19(16-38-23)37-17-21(25(34)42-12-14-44-15-13-42)26(35)45-29(36)41-27-28(43)39-22-9-5-4-8-20(22)24(40-27)18-6-2-1-3-7-18/h1-11,16-17,27,34-35,37H,12-15H2,(H2,36,41)(H,39,43)/b21-17+,34-25?,35-26?. The molecule has 1 aromatic heterocycles. The van der Waals surface area contributed by atoms with Crippen LogP contribution >= 0.6 is 0 Å². The largest absolute Gasteiger partial charge is 0.433 e. The minimum Gasteiger partial charge on any atom is -0.407 e. The van der Waals surface area contributed by atoms with Gasteiger partial charge in [-0.2, -0.15) is 13.2 Å². The molecule has 2 aromatic carbocycles. The molecule has 45 heavy (non-hydrogen) atoms. The molecule has 1 fully saturated rings. The predicted molar refractivity (Wildman–Crippen MR) is 162 cm³/mol. The summed E-state index contributed by atoms with van der Waals surface area (Å²) in [5.74, 6) is -1.35. The van der Waals surface area contributed by atoms with E-state index in [0.717, 1.165) is 23.9 Å². The molecule has 1 amide bonds. The number of ether oxygens (including phenoxy) is 2. The van der Waals surface area contributed by atoms with Crippen molar-refractivity contribution in [2.45, 2.75) is 12.3 Å². The lowest BCUT2D eigenvalue weighted by Gasteiger charge is -2.30. The van der Waals surface area contributed by atoms with Crippen LogP contribution in [0.25, 0.3) is 0 Å². The third kappa shape index (κ3) is 7.51. The molecular weight excluding hydrogens is 591 g/mol. The number of aromatic nitrogens is 1. The van der Waals surface area contributed by atoms with E-state index in [-0.39, 0.29) is 17.1 Å². The lowest BCUT2D eigenvalue weighted by Crippen LogP contribution is -2.45. The molecular formula is C30H28F3N9O3. The highest BCUT2D eigenvalue weighted by molar-refractivity contribution is 6.21. The van der Waals surface area contributed by atoms with Gasteiger partial charge in [0, 0.05) is 30.4 Å². The van der Waals surface area contributed by atoms with Gasteiger partial charge in [-0.1, -0.05) is 48.5 Å². The number of carbonyl (C=O) groups is 1. The van der Waals surface area contributed by atoms with Crippen LogP contribution in [0.2, 0.25) is 0 Å². The maximum absolute atomic E-state index is 13.1. The number of para-hydroxylation sites is 1. The van der Waals surface area contributed by atoms with Crippen LogP contribution in [0.1, 0.15) is 16.8 Å². The fourth-order valence-electron chi connectivity index (χ4n) is 4.49. The minimum atomic E-state index is -4.61. The topological polar surface area (TPSA) is 172 Å². The number of aliphatic imine (C=N–C) groups is 1. The van der Waals surface area contributed by atoms with Gasteiger partial charge in [-0.15, -0.1) is 0 Å². The molecule has 5 rings (SSSR count). The average molecular weight is 620 g/mol. The summed E-state index contributed by atoms with van der Waals surface area (Å²) in [6.45, 7) is 1.39. The summed E-state index contributed by atoms with van der Waals surface area (Å²) in [6, 6.07) is 17.6. The fourth-order valence-corrected chi connectivity index (χ4v) is 4.49. The monoisotopic (exact) mass is 619 g/mol. The molecule has 2 aliphatic rings. The lowest BCUT2D eigenvalue weighted by atomic mass is 10.0. The van der Waals surface area contributed by atoms with Crippen LogP contribution in [0.4, 0.5) is 24.5 Å². The van der Waals surface area contributed by atoms with Gasteiger partial charge in [-0.3, -0.25) is 21.0 Å². The van der Waals surface area contributed by atoms with Crippen LogP contribution in [0, 0.1) is 16.2 Å². The molecule has 12 nitrogen and oxygen atoms in total. The molecule has 15 heteroatoms. The number of nitrogens with one attached hydrogen (secondary N) is 6. The summed E-state index contributed by atoms with van der Waals surface area (Å²) in [5.41, 5.74) is 1.41. The van der Waals surface area contributed by atoms with E-state index in [0.29, 0.717) is 43.3 Å². The number of rotatable bonds is 6. The Bertz CT molecular complexity index is 1650. The molecule has 0 spiro atoms. The van der Waals surface area contributed by atoms with Gasteiger partial charge in [-0.25, -0.2) is 9.98 Å². The fraction of sp³-hybridized carbons (Fsp3) is 0.200. The second-order valence-corrected chi connectivity index (χ2v) is 9.77. The molecule has 1 saturated heterocycles. The van der Waals surface area contributed by atoms with Gasteiger partial charge in [0.25, 0.3) is 11.9 Å². The Morgan fingerprint density at radius 1 is 1.02 bits per heavy atom. The number of alkyl halides is 3. The summed E-state index contributed by atoms with van der Waals surface area (Å²) < 4.78 is 49.5. The average Bonchev–Trinajstić information content (AvgIpc) is 3.17. The van der Waals surface area contributed by atoms with Gasteiger partial charge in [0.15, 0.2) is 0 Å². The number of nitrogens with zero attached hydrogens (tertiary/aromatic N) is 3. The van der Waals surface area contributed by atoms with Crippen LogP contribution in [0.5, 0.6) is 0 Å². The number of pyridine rings is 1. The highest BCUT2D eigenvalue weighted by Gasteiger charge is 2.32. The smallest absolute Gasteiger partial charge is 0.407 e. The number of hydrogen-bond donors (Lipinski definition) is 6. The first-order valence-corrected chi connectivity index (χ1v) is 13.7. The predicted octanol–water partition coefficient (Wildman–Crippen LogP) is 4.04. The highest BCUT2D eigenvalue weighted by atomic mass is 19.4. The van der Waals surface area contributed by atoms with Gasteiger partial charge in [0.05, 0.1) is 42.1 Å². The van der Waals surface area contributed by atoms with Crippen molar-refractivity contribution in [1.29, 1.82) is 16.2 Å². The summed E-state index contributed by atoms with van der Waals surface area (Å²) in [6.07, 6.45) is -3.74. The first kappa shape index (κ1) is 30.9. The van der Waals surface area contributed by atoms with Crippen molar-refractivity contribution >= 4 is 40.7 Å². The zero-order valence-electron chi connectivity index (χ0n) is 23.6. The van der Waals surface area contributed by atoms with E-state index in [9.17, 15) is 18.0 Å². The molecule has 0 bridgehead atoms. The van der Waals surface area contributed by atoms with Gasteiger partial charge >= 0.3 is 6.18 Å². The number of halogens is 3. The van der Waals surface area contributed by atoms with Crippen molar-refractivity contribution in [3.05, 3.63) is 102 Å². The number of amides is 1. The second-order valence-electron chi connectivity index (χ2n) is 9.77. The van der Waals surface area contributed by atoms with E-state index in [1.54, 1.807) is 17.0 Å². The zero-order chi connectivity index (χ0) is 32.0. The third-order valence-electron chi connectivity index (χ3n) is 6.73. The van der Waals surface area contributed by atoms with E-state index in [1.807, 2.05) is 42.5 Å². The highest BCUT2D eigenvalue weighted by Crippen LogP contribution is 2.28. The Balaban J connectivity index is 1.36. The van der Waals surface area contributed by atoms with Crippen LogP contribution < -0.4 is 16.0 Å². The number of benzene rings is 2. The van der Waals surface area contributed by atoms with Crippen LogP contribution in [0.3, 0.4) is 0 Å². The van der Waals surface area contributed by atoms with Crippen molar-refractivity contribution in [2.75, 3.05) is 36.9 Å². The molecule has 0 saturated carbocycles. The van der Waals surface area contributed by atoms with Crippen LogP contribution in [-0.4, -0.2) is 71.7 Å². The maximum Gasteiger partial charge on any atom is 0.433 e.